The van der Waals surface area contributed by atoms with Gasteiger partial charge in [-0.05, 0) is 13.3 Å². The number of hydrogen-bond acceptors (Lipinski definition) is 8. The van der Waals surface area contributed by atoms with E-state index in [4.69, 9.17) is 28.4 Å². The number of halogens is 1. The Labute approximate surface area is 207 Å². The van der Waals surface area contributed by atoms with Crippen LogP contribution in [0.1, 0.15) is 89.0 Å². The molecule has 0 bridgehead atoms. The number of esters is 1. The van der Waals surface area contributed by atoms with Gasteiger partial charge in [0, 0.05) is 19.7 Å². The SMILES string of the molecule is CCCCCCCCCCCOc1c[nH]c(C(=O)OC(C)OC(=O)OCCOCCOCC)c1F. The van der Waals surface area contributed by atoms with Gasteiger partial charge in [-0.3, -0.25) is 0 Å². The van der Waals surface area contributed by atoms with Crippen molar-refractivity contribution in [1.29, 1.82) is 0 Å². The fraction of sp³-hybridized carbons (Fsp3) is 0.760. The summed E-state index contributed by atoms with van der Waals surface area (Å²) >= 11 is 0. The molecule has 1 aromatic rings. The Kier molecular flexibility index (Phi) is 17.5. The maximum atomic E-state index is 14.5. The van der Waals surface area contributed by atoms with Crippen molar-refractivity contribution in [2.24, 2.45) is 0 Å². The van der Waals surface area contributed by atoms with Crippen molar-refractivity contribution in [3.63, 3.8) is 0 Å². The van der Waals surface area contributed by atoms with Crippen LogP contribution in [0.25, 0.3) is 0 Å². The lowest BCUT2D eigenvalue weighted by molar-refractivity contribution is -0.0855. The van der Waals surface area contributed by atoms with Crippen molar-refractivity contribution in [2.75, 3.05) is 39.6 Å². The van der Waals surface area contributed by atoms with Gasteiger partial charge < -0.3 is 33.4 Å². The van der Waals surface area contributed by atoms with E-state index in [1.807, 2.05) is 6.92 Å². The van der Waals surface area contributed by atoms with Gasteiger partial charge in [0.2, 0.25) is 6.29 Å². The number of aromatic amines is 1. The molecule has 0 aliphatic heterocycles. The van der Waals surface area contributed by atoms with E-state index in [2.05, 4.69) is 11.9 Å². The average Bonchev–Trinajstić information content (AvgIpc) is 3.19. The van der Waals surface area contributed by atoms with Gasteiger partial charge in [0.05, 0.1) is 26.4 Å². The highest BCUT2D eigenvalue weighted by Gasteiger charge is 2.23. The molecule has 10 heteroatoms. The summed E-state index contributed by atoms with van der Waals surface area (Å²) in [6.45, 7) is 7.34. The zero-order valence-corrected chi connectivity index (χ0v) is 21.4. The molecule has 1 heterocycles. The maximum absolute atomic E-state index is 14.5. The van der Waals surface area contributed by atoms with E-state index in [1.54, 1.807) is 0 Å². The van der Waals surface area contributed by atoms with E-state index in [0.717, 1.165) is 19.3 Å². The molecule has 0 aliphatic carbocycles. The molecule has 202 valence electrons. The van der Waals surface area contributed by atoms with Gasteiger partial charge in [0.25, 0.3) is 0 Å². The van der Waals surface area contributed by atoms with Crippen molar-refractivity contribution in [1.82, 2.24) is 4.98 Å². The zero-order chi connectivity index (χ0) is 25.7. The lowest BCUT2D eigenvalue weighted by atomic mass is 10.1. The smallest absolute Gasteiger partial charge is 0.489 e. The molecular weight excluding hydrogens is 461 g/mol. The second kappa shape index (κ2) is 19.9. The van der Waals surface area contributed by atoms with E-state index < -0.39 is 29.9 Å². The van der Waals surface area contributed by atoms with E-state index in [0.29, 0.717) is 26.4 Å². The summed E-state index contributed by atoms with van der Waals surface area (Å²) in [6.07, 6.45) is 9.51. The lowest BCUT2D eigenvalue weighted by Crippen LogP contribution is -2.24. The molecule has 0 fully saturated rings. The van der Waals surface area contributed by atoms with E-state index in [-0.39, 0.29) is 19.0 Å². The standard InChI is InChI=1S/C25H42FNO8/c1-4-6-7-8-9-10-11-12-13-14-32-21-19-27-23(22(21)26)24(28)34-20(3)35-25(29)33-18-17-31-16-15-30-5-2/h19-20,27H,4-18H2,1-3H3. The molecule has 0 aromatic carbocycles. The van der Waals surface area contributed by atoms with Crippen LogP contribution >= 0.6 is 0 Å². The van der Waals surface area contributed by atoms with Gasteiger partial charge in [-0.15, -0.1) is 0 Å². The Morgan fingerprint density at radius 1 is 0.857 bits per heavy atom. The van der Waals surface area contributed by atoms with Crippen molar-refractivity contribution < 1.29 is 42.4 Å². The number of aromatic nitrogens is 1. The molecule has 0 saturated carbocycles. The molecule has 35 heavy (non-hydrogen) atoms. The van der Waals surface area contributed by atoms with Crippen LogP contribution in [-0.4, -0.2) is 63.0 Å². The topological polar surface area (TPSA) is 105 Å². The van der Waals surface area contributed by atoms with E-state index in [1.165, 1.54) is 51.6 Å². The predicted octanol–water partition coefficient (Wildman–Crippen LogP) is 5.77. The molecule has 1 rings (SSSR count). The number of rotatable bonds is 21. The fourth-order valence-electron chi connectivity index (χ4n) is 3.19. The Morgan fingerprint density at radius 2 is 1.49 bits per heavy atom. The van der Waals surface area contributed by atoms with Crippen LogP contribution in [0.5, 0.6) is 5.75 Å². The highest BCUT2D eigenvalue weighted by Crippen LogP contribution is 2.22. The largest absolute Gasteiger partial charge is 0.511 e. The van der Waals surface area contributed by atoms with Crippen LogP contribution in [0.2, 0.25) is 0 Å². The molecule has 0 amide bonds. The third-order valence-corrected chi connectivity index (χ3v) is 5.05. The number of hydrogen-bond donors (Lipinski definition) is 1. The Hall–Kier alpha value is -2.33. The summed E-state index contributed by atoms with van der Waals surface area (Å²) in [5.74, 6) is -1.90. The molecule has 0 radical (unpaired) electrons. The van der Waals surface area contributed by atoms with E-state index >= 15 is 0 Å². The summed E-state index contributed by atoms with van der Waals surface area (Å²) in [5.41, 5.74) is -0.404. The van der Waals surface area contributed by atoms with Crippen LogP contribution in [0.4, 0.5) is 9.18 Å². The number of unbranched alkanes of at least 4 members (excludes halogenated alkanes) is 8. The van der Waals surface area contributed by atoms with Crippen LogP contribution < -0.4 is 4.74 Å². The number of nitrogens with one attached hydrogen (secondary N) is 1. The molecule has 9 nitrogen and oxygen atoms in total. The molecule has 1 aromatic heterocycles. The van der Waals surface area contributed by atoms with Gasteiger partial charge >= 0.3 is 12.1 Å². The van der Waals surface area contributed by atoms with Gasteiger partial charge in [-0.2, -0.15) is 0 Å². The molecule has 1 N–H and O–H groups in total. The minimum absolute atomic E-state index is 0.0312. The van der Waals surface area contributed by atoms with Crippen molar-refractivity contribution >= 4 is 12.1 Å². The number of ether oxygens (including phenoxy) is 6. The first kappa shape index (κ1) is 30.7. The number of carbonyl (C=O) groups excluding carboxylic acids is 2. The highest BCUT2D eigenvalue weighted by atomic mass is 19.1. The summed E-state index contributed by atoms with van der Waals surface area (Å²) in [6, 6.07) is 0. The first-order valence-electron chi connectivity index (χ1n) is 12.7. The van der Waals surface area contributed by atoms with Crippen LogP contribution in [0.3, 0.4) is 0 Å². The monoisotopic (exact) mass is 503 g/mol. The summed E-state index contributed by atoms with van der Waals surface area (Å²) < 4.78 is 44.8. The molecule has 0 spiro atoms. The lowest BCUT2D eigenvalue weighted by Gasteiger charge is -2.13. The third kappa shape index (κ3) is 14.6. The summed E-state index contributed by atoms with van der Waals surface area (Å²) in [4.78, 5) is 26.3. The normalized spacial score (nSPS) is 11.8. The Bertz CT molecular complexity index is 697. The maximum Gasteiger partial charge on any atom is 0.511 e. The summed E-state index contributed by atoms with van der Waals surface area (Å²) in [5, 5.41) is 0. The second-order valence-corrected chi connectivity index (χ2v) is 8.02. The van der Waals surface area contributed by atoms with Crippen LogP contribution in [0.15, 0.2) is 6.20 Å². The van der Waals surface area contributed by atoms with Crippen LogP contribution in [-0.2, 0) is 23.7 Å². The number of H-pyrrole nitrogens is 1. The van der Waals surface area contributed by atoms with Crippen molar-refractivity contribution in [2.45, 2.75) is 84.8 Å². The molecule has 0 saturated heterocycles. The van der Waals surface area contributed by atoms with Gasteiger partial charge in [-0.1, -0.05) is 58.3 Å². The average molecular weight is 504 g/mol. The minimum Gasteiger partial charge on any atom is -0.489 e. The zero-order valence-electron chi connectivity index (χ0n) is 21.4. The third-order valence-electron chi connectivity index (χ3n) is 5.05. The van der Waals surface area contributed by atoms with Crippen LogP contribution in [0, 0.1) is 5.82 Å². The van der Waals surface area contributed by atoms with E-state index in [9.17, 15) is 14.0 Å². The number of carbonyl (C=O) groups is 2. The predicted molar refractivity (Wildman–Crippen MR) is 128 cm³/mol. The molecular formula is C25H42FNO8. The van der Waals surface area contributed by atoms with Gasteiger partial charge in [0.15, 0.2) is 17.3 Å². The highest BCUT2D eigenvalue weighted by molar-refractivity contribution is 5.88. The molecule has 1 atom stereocenters. The van der Waals surface area contributed by atoms with Gasteiger partial charge in [-0.25, -0.2) is 14.0 Å². The first-order chi connectivity index (χ1) is 17.0. The molecule has 1 unspecified atom stereocenters. The Balaban J connectivity index is 2.20. The fourth-order valence-corrected chi connectivity index (χ4v) is 3.19. The second-order valence-electron chi connectivity index (χ2n) is 8.02. The quantitative estimate of drug-likeness (QED) is 0.128. The minimum atomic E-state index is -1.28. The first-order valence-corrected chi connectivity index (χ1v) is 12.7. The van der Waals surface area contributed by atoms with Crippen molar-refractivity contribution in [3.8, 4) is 5.75 Å². The summed E-state index contributed by atoms with van der Waals surface area (Å²) in [7, 11) is 0. The van der Waals surface area contributed by atoms with Gasteiger partial charge in [0.1, 0.15) is 6.61 Å². The molecule has 0 aliphatic rings. The Morgan fingerprint density at radius 3 is 2.17 bits per heavy atom. The van der Waals surface area contributed by atoms with Crippen molar-refractivity contribution in [3.05, 3.63) is 17.7 Å².